The summed E-state index contributed by atoms with van der Waals surface area (Å²) in [5.41, 5.74) is 2.16. The van der Waals surface area contributed by atoms with E-state index in [9.17, 15) is 4.79 Å². The predicted octanol–water partition coefficient (Wildman–Crippen LogP) is 0.938. The Labute approximate surface area is 108 Å². The molecule has 6 heteroatoms. The Kier molecular flexibility index (Phi) is 2.75. The van der Waals surface area contributed by atoms with Crippen molar-refractivity contribution in [2.75, 3.05) is 0 Å². The fourth-order valence-corrected chi connectivity index (χ4v) is 1.86. The molecule has 0 bridgehead atoms. The van der Waals surface area contributed by atoms with Crippen LogP contribution in [-0.4, -0.2) is 24.5 Å². The third kappa shape index (κ3) is 2.20. The molecule has 0 N–H and O–H groups in total. The normalized spacial score (nSPS) is 10.8. The Hall–Kier alpha value is -2.63. The van der Waals surface area contributed by atoms with E-state index in [1.165, 1.54) is 23.3 Å². The SMILES string of the molecule is Cc1cccc(Cn2cnc3nccnc3c2=O)n1. The van der Waals surface area contributed by atoms with Gasteiger partial charge in [0, 0.05) is 18.1 Å². The molecule has 19 heavy (non-hydrogen) atoms. The van der Waals surface area contributed by atoms with E-state index in [1.807, 2.05) is 25.1 Å². The lowest BCUT2D eigenvalue weighted by atomic mass is 10.3. The maximum Gasteiger partial charge on any atom is 0.281 e. The number of aryl methyl sites for hydroxylation is 1. The van der Waals surface area contributed by atoms with Crippen molar-refractivity contribution in [3.63, 3.8) is 0 Å². The van der Waals surface area contributed by atoms with Crippen molar-refractivity contribution in [2.24, 2.45) is 0 Å². The number of nitrogens with zero attached hydrogens (tertiary/aromatic N) is 5. The molecular formula is C13H11N5O. The molecule has 0 amide bonds. The maximum absolute atomic E-state index is 12.2. The summed E-state index contributed by atoms with van der Waals surface area (Å²) in [6, 6.07) is 5.70. The molecule has 94 valence electrons. The zero-order valence-electron chi connectivity index (χ0n) is 10.3. The van der Waals surface area contributed by atoms with Crippen LogP contribution in [0.1, 0.15) is 11.4 Å². The van der Waals surface area contributed by atoms with Crippen molar-refractivity contribution in [3.8, 4) is 0 Å². The van der Waals surface area contributed by atoms with E-state index in [0.29, 0.717) is 12.2 Å². The van der Waals surface area contributed by atoms with Gasteiger partial charge in [-0.05, 0) is 19.1 Å². The summed E-state index contributed by atoms with van der Waals surface area (Å²) in [6.07, 6.45) is 4.48. The van der Waals surface area contributed by atoms with Gasteiger partial charge in [-0.2, -0.15) is 0 Å². The third-order valence-electron chi connectivity index (χ3n) is 2.74. The van der Waals surface area contributed by atoms with Gasteiger partial charge in [-0.3, -0.25) is 14.3 Å². The van der Waals surface area contributed by atoms with Gasteiger partial charge >= 0.3 is 0 Å². The van der Waals surface area contributed by atoms with Crippen LogP contribution in [0.2, 0.25) is 0 Å². The second-order valence-corrected chi connectivity index (χ2v) is 4.18. The quantitative estimate of drug-likeness (QED) is 0.679. The average molecular weight is 253 g/mol. The Balaban J connectivity index is 2.06. The van der Waals surface area contributed by atoms with Crippen molar-refractivity contribution in [1.29, 1.82) is 0 Å². The molecule has 6 nitrogen and oxygen atoms in total. The van der Waals surface area contributed by atoms with E-state index in [0.717, 1.165) is 11.4 Å². The molecule has 0 atom stereocenters. The average Bonchev–Trinajstić information content (AvgIpc) is 2.42. The zero-order chi connectivity index (χ0) is 13.2. The molecule has 0 aliphatic carbocycles. The molecule has 3 rings (SSSR count). The predicted molar refractivity (Wildman–Crippen MR) is 69.7 cm³/mol. The Bertz CT molecular complexity index is 796. The topological polar surface area (TPSA) is 73.6 Å². The molecule has 0 aliphatic rings. The Morgan fingerprint density at radius 1 is 1.16 bits per heavy atom. The number of rotatable bonds is 2. The minimum absolute atomic E-state index is 0.207. The molecule has 3 aromatic heterocycles. The van der Waals surface area contributed by atoms with Crippen LogP contribution in [0.3, 0.4) is 0 Å². The molecule has 0 spiro atoms. The molecule has 0 radical (unpaired) electrons. The smallest absolute Gasteiger partial charge is 0.281 e. The lowest BCUT2D eigenvalue weighted by Crippen LogP contribution is -2.22. The third-order valence-corrected chi connectivity index (χ3v) is 2.74. The monoisotopic (exact) mass is 253 g/mol. The zero-order valence-corrected chi connectivity index (χ0v) is 10.3. The van der Waals surface area contributed by atoms with Crippen LogP contribution >= 0.6 is 0 Å². The van der Waals surface area contributed by atoms with E-state index in [-0.39, 0.29) is 11.1 Å². The maximum atomic E-state index is 12.2. The van der Waals surface area contributed by atoms with Crippen LogP contribution in [0.25, 0.3) is 11.2 Å². The van der Waals surface area contributed by atoms with Gasteiger partial charge in [0.1, 0.15) is 6.33 Å². The summed E-state index contributed by atoms with van der Waals surface area (Å²) in [5.74, 6) is 0. The van der Waals surface area contributed by atoms with E-state index in [2.05, 4.69) is 19.9 Å². The van der Waals surface area contributed by atoms with E-state index in [4.69, 9.17) is 0 Å². The molecule has 0 saturated carbocycles. The van der Waals surface area contributed by atoms with Crippen LogP contribution in [0.15, 0.2) is 41.7 Å². The first-order valence-electron chi connectivity index (χ1n) is 5.83. The van der Waals surface area contributed by atoms with Gasteiger partial charge in [-0.25, -0.2) is 15.0 Å². The van der Waals surface area contributed by atoms with Gasteiger partial charge in [0.2, 0.25) is 0 Å². The number of hydrogen-bond acceptors (Lipinski definition) is 5. The lowest BCUT2D eigenvalue weighted by molar-refractivity contribution is 0.723. The highest BCUT2D eigenvalue weighted by molar-refractivity contribution is 5.66. The second kappa shape index (κ2) is 4.56. The van der Waals surface area contributed by atoms with Gasteiger partial charge < -0.3 is 0 Å². The highest BCUT2D eigenvalue weighted by Gasteiger charge is 2.06. The van der Waals surface area contributed by atoms with Crippen LogP contribution in [0, 0.1) is 6.92 Å². The first-order valence-corrected chi connectivity index (χ1v) is 5.83. The van der Waals surface area contributed by atoms with Gasteiger partial charge in [0.15, 0.2) is 11.2 Å². The first kappa shape index (κ1) is 11.5. The van der Waals surface area contributed by atoms with Gasteiger partial charge in [0.25, 0.3) is 5.56 Å². The minimum Gasteiger partial charge on any atom is -0.291 e. The summed E-state index contributed by atoms with van der Waals surface area (Å²) < 4.78 is 1.48. The van der Waals surface area contributed by atoms with Crippen molar-refractivity contribution in [1.82, 2.24) is 24.5 Å². The number of pyridine rings is 1. The Morgan fingerprint density at radius 3 is 2.84 bits per heavy atom. The van der Waals surface area contributed by atoms with Gasteiger partial charge in [-0.15, -0.1) is 0 Å². The molecule has 0 aliphatic heterocycles. The van der Waals surface area contributed by atoms with Gasteiger partial charge in [0.05, 0.1) is 12.2 Å². The highest BCUT2D eigenvalue weighted by atomic mass is 16.1. The summed E-state index contributed by atoms with van der Waals surface area (Å²) in [5, 5.41) is 0. The van der Waals surface area contributed by atoms with Crippen molar-refractivity contribution < 1.29 is 0 Å². The van der Waals surface area contributed by atoms with Crippen LogP contribution in [0.5, 0.6) is 0 Å². The summed E-state index contributed by atoms with van der Waals surface area (Å²) >= 11 is 0. The van der Waals surface area contributed by atoms with Crippen molar-refractivity contribution in [2.45, 2.75) is 13.5 Å². The summed E-state index contributed by atoms with van der Waals surface area (Å²) in [7, 11) is 0. The van der Waals surface area contributed by atoms with E-state index in [1.54, 1.807) is 0 Å². The fourth-order valence-electron chi connectivity index (χ4n) is 1.86. The van der Waals surface area contributed by atoms with Crippen LogP contribution in [0.4, 0.5) is 0 Å². The number of aromatic nitrogens is 5. The Morgan fingerprint density at radius 2 is 2.00 bits per heavy atom. The molecule has 0 aromatic carbocycles. The standard InChI is InChI=1S/C13H11N5O/c1-9-3-2-4-10(17-9)7-18-8-16-12-11(13(18)19)14-5-6-15-12/h2-6,8H,7H2,1H3. The van der Waals surface area contributed by atoms with Gasteiger partial charge in [-0.1, -0.05) is 6.07 Å². The minimum atomic E-state index is -0.207. The summed E-state index contributed by atoms with van der Waals surface area (Å²) in [4.78, 5) is 28.7. The number of fused-ring (bicyclic) bond motifs is 1. The molecule has 0 saturated heterocycles. The van der Waals surface area contributed by atoms with Crippen molar-refractivity contribution >= 4 is 11.2 Å². The molecule has 0 fully saturated rings. The summed E-state index contributed by atoms with van der Waals surface area (Å²) in [6.45, 7) is 2.29. The number of hydrogen-bond donors (Lipinski definition) is 0. The highest BCUT2D eigenvalue weighted by Crippen LogP contribution is 2.02. The molecule has 0 unspecified atom stereocenters. The lowest BCUT2D eigenvalue weighted by Gasteiger charge is -2.05. The fraction of sp³-hybridized carbons (Fsp3) is 0.154. The second-order valence-electron chi connectivity index (χ2n) is 4.18. The molecular weight excluding hydrogens is 242 g/mol. The van der Waals surface area contributed by atoms with Crippen LogP contribution < -0.4 is 5.56 Å². The molecule has 3 heterocycles. The first-order chi connectivity index (χ1) is 9.24. The van der Waals surface area contributed by atoms with Crippen molar-refractivity contribution in [3.05, 3.63) is 58.7 Å². The van der Waals surface area contributed by atoms with Crippen LogP contribution in [-0.2, 0) is 6.54 Å². The van der Waals surface area contributed by atoms with E-state index >= 15 is 0 Å². The largest absolute Gasteiger partial charge is 0.291 e. The molecule has 3 aromatic rings. The van der Waals surface area contributed by atoms with E-state index < -0.39 is 0 Å².